The Balaban J connectivity index is 2.29. The zero-order valence-electron chi connectivity index (χ0n) is 9.24. The van der Waals surface area contributed by atoms with E-state index in [0.717, 1.165) is 0 Å². The highest BCUT2D eigenvalue weighted by atomic mass is 16.4. The number of amides is 1. The maximum absolute atomic E-state index is 11.4. The molecule has 4 heteroatoms. The Morgan fingerprint density at radius 1 is 1.27 bits per heavy atom. The Hall–Kier alpha value is -1.06. The van der Waals surface area contributed by atoms with Gasteiger partial charge in [0, 0.05) is 13.6 Å². The lowest BCUT2D eigenvalue weighted by atomic mass is 9.89. The van der Waals surface area contributed by atoms with E-state index in [1.807, 2.05) is 0 Å². The molecule has 0 aliphatic heterocycles. The summed E-state index contributed by atoms with van der Waals surface area (Å²) in [5, 5.41) is 8.49. The van der Waals surface area contributed by atoms with Gasteiger partial charge in [-0.25, -0.2) is 0 Å². The molecule has 0 radical (unpaired) electrons. The molecule has 1 N–H and O–H groups in total. The lowest BCUT2D eigenvalue weighted by molar-refractivity contribution is -0.144. The number of hydrogen-bond acceptors (Lipinski definition) is 2. The molecule has 1 fully saturated rings. The second-order valence-electron chi connectivity index (χ2n) is 4.35. The summed E-state index contributed by atoms with van der Waals surface area (Å²) in [4.78, 5) is 23.3. The van der Waals surface area contributed by atoms with Crippen LogP contribution in [0.2, 0.25) is 0 Å². The van der Waals surface area contributed by atoms with E-state index >= 15 is 0 Å². The summed E-state index contributed by atoms with van der Waals surface area (Å²) < 4.78 is 0. The lowest BCUT2D eigenvalue weighted by Crippen LogP contribution is -2.33. The number of nitrogens with zero attached hydrogens (tertiary/aromatic N) is 1. The van der Waals surface area contributed by atoms with Gasteiger partial charge in [0.1, 0.15) is 6.42 Å². The summed E-state index contributed by atoms with van der Waals surface area (Å²) in [5.74, 6) is -0.759. The van der Waals surface area contributed by atoms with E-state index in [4.69, 9.17) is 5.11 Å². The minimum Gasteiger partial charge on any atom is -0.481 e. The fourth-order valence-corrected chi connectivity index (χ4v) is 2.12. The molecular formula is C11H19NO3. The Kier molecular flexibility index (Phi) is 4.59. The fraction of sp³-hybridized carbons (Fsp3) is 0.818. The van der Waals surface area contributed by atoms with Crippen LogP contribution >= 0.6 is 0 Å². The predicted octanol–water partition coefficient (Wildman–Crippen LogP) is 1.50. The van der Waals surface area contributed by atoms with Crippen molar-refractivity contribution in [1.82, 2.24) is 4.90 Å². The summed E-state index contributed by atoms with van der Waals surface area (Å²) in [7, 11) is 1.69. The predicted molar refractivity (Wildman–Crippen MR) is 56.5 cm³/mol. The monoisotopic (exact) mass is 213 g/mol. The van der Waals surface area contributed by atoms with E-state index in [1.54, 1.807) is 11.9 Å². The molecule has 0 unspecified atom stereocenters. The van der Waals surface area contributed by atoms with Crippen molar-refractivity contribution in [3.63, 3.8) is 0 Å². The summed E-state index contributed by atoms with van der Waals surface area (Å²) in [6.07, 6.45) is 5.74. The van der Waals surface area contributed by atoms with Crippen molar-refractivity contribution in [3.05, 3.63) is 0 Å². The molecule has 0 aromatic heterocycles. The molecule has 1 rings (SSSR count). The SMILES string of the molecule is CN(CC1CCCCC1)C(=O)CC(=O)O. The fourth-order valence-electron chi connectivity index (χ4n) is 2.12. The highest BCUT2D eigenvalue weighted by Crippen LogP contribution is 2.24. The molecule has 4 nitrogen and oxygen atoms in total. The Bertz CT molecular complexity index is 234. The van der Waals surface area contributed by atoms with Crippen molar-refractivity contribution in [2.75, 3.05) is 13.6 Å². The van der Waals surface area contributed by atoms with E-state index in [1.165, 1.54) is 32.1 Å². The zero-order chi connectivity index (χ0) is 11.3. The van der Waals surface area contributed by atoms with E-state index in [9.17, 15) is 9.59 Å². The van der Waals surface area contributed by atoms with E-state index in [0.29, 0.717) is 12.5 Å². The molecule has 0 heterocycles. The first kappa shape index (κ1) is 12.0. The minimum atomic E-state index is -1.05. The lowest BCUT2D eigenvalue weighted by Gasteiger charge is -2.26. The molecule has 1 aliphatic rings. The molecular weight excluding hydrogens is 194 g/mol. The maximum atomic E-state index is 11.4. The third-order valence-electron chi connectivity index (χ3n) is 2.99. The van der Waals surface area contributed by atoms with Crippen molar-refractivity contribution in [1.29, 1.82) is 0 Å². The van der Waals surface area contributed by atoms with Crippen molar-refractivity contribution in [2.45, 2.75) is 38.5 Å². The highest BCUT2D eigenvalue weighted by Gasteiger charge is 2.19. The minimum absolute atomic E-state index is 0.284. The van der Waals surface area contributed by atoms with Crippen LogP contribution in [0.3, 0.4) is 0 Å². The maximum Gasteiger partial charge on any atom is 0.312 e. The third kappa shape index (κ3) is 4.32. The molecule has 0 saturated heterocycles. The molecule has 0 spiro atoms. The van der Waals surface area contributed by atoms with E-state index in [2.05, 4.69) is 0 Å². The molecule has 15 heavy (non-hydrogen) atoms. The first-order chi connectivity index (χ1) is 7.09. The van der Waals surface area contributed by atoms with Gasteiger partial charge in [-0.3, -0.25) is 9.59 Å². The number of aliphatic carboxylic acids is 1. The van der Waals surface area contributed by atoms with Crippen molar-refractivity contribution < 1.29 is 14.7 Å². The van der Waals surface area contributed by atoms with Gasteiger partial charge in [0.15, 0.2) is 0 Å². The molecule has 1 aliphatic carbocycles. The Labute approximate surface area is 90.3 Å². The summed E-state index contributed by atoms with van der Waals surface area (Å²) in [5.41, 5.74) is 0. The van der Waals surface area contributed by atoms with E-state index < -0.39 is 5.97 Å². The van der Waals surface area contributed by atoms with Crippen molar-refractivity contribution >= 4 is 11.9 Å². The first-order valence-corrected chi connectivity index (χ1v) is 5.55. The normalized spacial score (nSPS) is 17.4. The van der Waals surface area contributed by atoms with Crippen LogP contribution in [0.5, 0.6) is 0 Å². The zero-order valence-corrected chi connectivity index (χ0v) is 9.24. The Morgan fingerprint density at radius 2 is 1.87 bits per heavy atom. The molecule has 86 valence electrons. The van der Waals surface area contributed by atoms with Gasteiger partial charge in [0.25, 0.3) is 0 Å². The first-order valence-electron chi connectivity index (χ1n) is 5.55. The van der Waals surface area contributed by atoms with Gasteiger partial charge in [0.2, 0.25) is 5.91 Å². The van der Waals surface area contributed by atoms with Gasteiger partial charge >= 0.3 is 5.97 Å². The van der Waals surface area contributed by atoms with Crippen LogP contribution in [0, 0.1) is 5.92 Å². The second kappa shape index (κ2) is 5.73. The number of carboxylic acid groups (broad SMARTS) is 1. The van der Waals surface area contributed by atoms with Crippen molar-refractivity contribution in [3.8, 4) is 0 Å². The summed E-state index contributed by atoms with van der Waals surface area (Å²) in [6.45, 7) is 0.714. The third-order valence-corrected chi connectivity index (χ3v) is 2.99. The molecule has 0 aromatic rings. The van der Waals surface area contributed by atoms with Crippen LogP contribution in [0.15, 0.2) is 0 Å². The molecule has 1 amide bonds. The quantitative estimate of drug-likeness (QED) is 0.720. The number of hydrogen-bond donors (Lipinski definition) is 1. The van der Waals surface area contributed by atoms with Gasteiger partial charge in [-0.1, -0.05) is 19.3 Å². The topological polar surface area (TPSA) is 57.6 Å². The molecule has 1 saturated carbocycles. The smallest absolute Gasteiger partial charge is 0.312 e. The van der Waals surface area contributed by atoms with Crippen LogP contribution in [0.4, 0.5) is 0 Å². The average molecular weight is 213 g/mol. The number of carbonyl (C=O) groups is 2. The Morgan fingerprint density at radius 3 is 2.40 bits per heavy atom. The van der Waals surface area contributed by atoms with Gasteiger partial charge in [-0.2, -0.15) is 0 Å². The summed E-state index contributed by atoms with van der Waals surface area (Å²) >= 11 is 0. The number of carboxylic acids is 1. The molecule has 0 aromatic carbocycles. The molecule has 0 bridgehead atoms. The van der Waals surface area contributed by atoms with Crippen molar-refractivity contribution in [2.24, 2.45) is 5.92 Å². The largest absolute Gasteiger partial charge is 0.481 e. The van der Waals surface area contributed by atoms with Crippen LogP contribution in [0.25, 0.3) is 0 Å². The second-order valence-corrected chi connectivity index (χ2v) is 4.35. The van der Waals surface area contributed by atoms with Crippen LogP contribution < -0.4 is 0 Å². The van der Waals surface area contributed by atoms with Gasteiger partial charge < -0.3 is 10.0 Å². The number of carbonyl (C=O) groups excluding carboxylic acids is 1. The number of rotatable bonds is 4. The highest BCUT2D eigenvalue weighted by molar-refractivity contribution is 5.93. The summed E-state index contributed by atoms with van der Waals surface area (Å²) in [6, 6.07) is 0. The van der Waals surface area contributed by atoms with Crippen LogP contribution in [-0.4, -0.2) is 35.5 Å². The van der Waals surface area contributed by atoms with Gasteiger partial charge in [-0.05, 0) is 18.8 Å². The van der Waals surface area contributed by atoms with E-state index in [-0.39, 0.29) is 12.3 Å². The average Bonchev–Trinajstić information content (AvgIpc) is 2.18. The van der Waals surface area contributed by atoms with Crippen LogP contribution in [0.1, 0.15) is 38.5 Å². The standard InChI is InChI=1S/C11H19NO3/c1-12(10(13)7-11(14)15)8-9-5-3-2-4-6-9/h9H,2-8H2,1H3,(H,14,15). The van der Waals surface area contributed by atoms with Crippen LogP contribution in [-0.2, 0) is 9.59 Å². The molecule has 0 atom stereocenters. The van der Waals surface area contributed by atoms with Gasteiger partial charge in [-0.15, -0.1) is 0 Å². The van der Waals surface area contributed by atoms with Gasteiger partial charge in [0.05, 0.1) is 0 Å².